The predicted molar refractivity (Wildman–Crippen MR) is 460 cm³/mol. The molecule has 0 N–H and O–H groups in total. The van der Waals surface area contributed by atoms with Crippen LogP contribution in [0.1, 0.15) is 0 Å². The Balaban J connectivity index is 0.923. The maximum Gasteiger partial charge on any atom is 0.252 e. The fraction of sp³-hybridized carbons (Fsp3) is 0. The average molecular weight is 1370 g/mol. The Hall–Kier alpha value is -14.1. The average Bonchev–Trinajstić information content (AvgIpc) is 0.689. The van der Waals surface area contributed by atoms with Gasteiger partial charge in [0.05, 0.1) is 17.1 Å². The minimum absolute atomic E-state index is 0.287. The van der Waals surface area contributed by atoms with Gasteiger partial charge in [0.1, 0.15) is 0 Å². The van der Waals surface area contributed by atoms with E-state index >= 15 is 0 Å². The zero-order chi connectivity index (χ0) is 71.2. The van der Waals surface area contributed by atoms with E-state index in [4.69, 9.17) is 0 Å². The summed E-state index contributed by atoms with van der Waals surface area (Å²) in [6.45, 7) is -0.287. The minimum Gasteiger partial charge on any atom is -0.310 e. The maximum atomic E-state index is 2.70. The van der Waals surface area contributed by atoms with Crippen LogP contribution >= 0.6 is 0 Å². The third kappa shape index (κ3) is 10.4. The fourth-order valence-electron chi connectivity index (χ4n) is 17.7. The van der Waals surface area contributed by atoms with Crippen molar-refractivity contribution in [3.63, 3.8) is 0 Å². The molecule has 2 aliphatic heterocycles. The van der Waals surface area contributed by atoms with Crippen LogP contribution in [-0.2, 0) is 0 Å². The SMILES string of the molecule is c1ccc(-c2ccc(N(c3ccc(-c4ccccc4)cc3)c3cc4c5c(c3)N(c3c(-c6ccccc6)cccc3-c3ccccc3)c3cc(-c6cc7cccc8c9cccc%10cccc(c(c6)c78)c%109)ccc3B5c3cc(-c5ccccc5)ccc3N4c3c(-c4ccccc4)cccc3-c3ccccc3)cc2)cc1. The van der Waals surface area contributed by atoms with Crippen molar-refractivity contribution in [1.82, 2.24) is 0 Å². The molecule has 2 aliphatic rings. The molecule has 0 saturated carbocycles. The van der Waals surface area contributed by atoms with E-state index < -0.39 is 0 Å². The Morgan fingerprint density at radius 1 is 0.194 bits per heavy atom. The van der Waals surface area contributed by atoms with E-state index in [0.29, 0.717) is 0 Å². The molecule has 2 heterocycles. The number of benzene rings is 19. The number of hydrogen-bond donors (Lipinski definition) is 0. The summed E-state index contributed by atoms with van der Waals surface area (Å²) in [6.07, 6.45) is 0. The van der Waals surface area contributed by atoms with Gasteiger partial charge in [-0.2, -0.15) is 0 Å². The van der Waals surface area contributed by atoms with E-state index in [2.05, 4.69) is 427 Å². The Morgan fingerprint density at radius 2 is 0.546 bits per heavy atom. The van der Waals surface area contributed by atoms with Gasteiger partial charge in [-0.3, -0.25) is 0 Å². The molecule has 4 heteroatoms. The van der Waals surface area contributed by atoms with Gasteiger partial charge in [0, 0.05) is 56.4 Å². The molecule has 0 amide bonds. The Bertz CT molecular complexity index is 6430. The van der Waals surface area contributed by atoms with E-state index in [0.717, 1.165) is 129 Å². The van der Waals surface area contributed by atoms with Crippen molar-refractivity contribution in [2.75, 3.05) is 14.7 Å². The molecular weight excluding hydrogens is 1300 g/mol. The molecule has 0 fully saturated rings. The highest BCUT2D eigenvalue weighted by atomic mass is 15.2. The van der Waals surface area contributed by atoms with E-state index in [1.54, 1.807) is 0 Å². The van der Waals surface area contributed by atoms with Gasteiger partial charge in [-0.25, -0.2) is 0 Å². The maximum absolute atomic E-state index is 2.70. The Labute approximate surface area is 629 Å². The Kier molecular flexibility index (Phi) is 15.0. The molecule has 0 aromatic heterocycles. The molecule has 0 unspecified atom stereocenters. The molecular formula is C104H68BN3. The van der Waals surface area contributed by atoms with Crippen molar-refractivity contribution in [3.05, 3.63) is 413 Å². The molecule has 21 rings (SSSR count). The van der Waals surface area contributed by atoms with Crippen molar-refractivity contribution < 1.29 is 0 Å². The normalized spacial score (nSPS) is 12.2. The van der Waals surface area contributed by atoms with Crippen LogP contribution in [0, 0.1) is 0 Å². The largest absolute Gasteiger partial charge is 0.310 e. The fourth-order valence-corrected chi connectivity index (χ4v) is 17.7. The molecule has 0 spiro atoms. The van der Waals surface area contributed by atoms with Crippen LogP contribution in [0.15, 0.2) is 413 Å². The van der Waals surface area contributed by atoms with Crippen LogP contribution in [0.5, 0.6) is 0 Å². The highest BCUT2D eigenvalue weighted by Crippen LogP contribution is 2.56. The number of para-hydroxylation sites is 2. The summed E-state index contributed by atoms with van der Waals surface area (Å²) in [5.41, 5.74) is 31.4. The summed E-state index contributed by atoms with van der Waals surface area (Å²) in [6, 6.07) is 154. The van der Waals surface area contributed by atoms with Gasteiger partial charge in [0.25, 0.3) is 6.71 Å². The lowest BCUT2D eigenvalue weighted by Crippen LogP contribution is -2.61. The predicted octanol–water partition coefficient (Wildman–Crippen LogP) is 26.6. The summed E-state index contributed by atoms with van der Waals surface area (Å²) >= 11 is 0. The summed E-state index contributed by atoms with van der Waals surface area (Å²) in [4.78, 5) is 7.86. The first-order valence-corrected chi connectivity index (χ1v) is 37.4. The van der Waals surface area contributed by atoms with Crippen LogP contribution in [0.4, 0.5) is 51.2 Å². The zero-order valence-electron chi connectivity index (χ0n) is 59.2. The lowest BCUT2D eigenvalue weighted by Gasteiger charge is -2.46. The van der Waals surface area contributed by atoms with Gasteiger partial charge in [-0.05, 0) is 187 Å². The second kappa shape index (κ2) is 26.0. The standard InChI is InChI=1S/C104H68BN3/c1-8-27-69(28-9-1)72-51-57-83(58-52-72)106(84-59-53-73(54-60-84)70-29-10-2-11-30-70)85-67-98-102-99(68-85)108(104-88(76-37-18-6-19-38-76)46-26-47-89(104)77-39-20-7-21-40-77)97-66-80(82-63-81-43-24-49-91-90-48-22-41-78-42-23-50-92(100(78)90)93(64-82)101(81)91)55-61-94(97)105(102)95-65-79(71-31-12-3-13-32-71)56-62-96(95)107(98)103-86(74-33-14-4-15-34-74)44-25-45-87(103)75-35-16-5-17-36-75/h1-68H. The van der Waals surface area contributed by atoms with Crippen LogP contribution in [-0.4, -0.2) is 6.71 Å². The second-order valence-electron chi connectivity index (χ2n) is 28.6. The molecule has 0 bridgehead atoms. The molecule has 3 nitrogen and oxygen atoms in total. The van der Waals surface area contributed by atoms with E-state index in [1.807, 2.05) is 0 Å². The quantitative estimate of drug-likeness (QED) is 0.0647. The topological polar surface area (TPSA) is 9.72 Å². The molecule has 19 aromatic carbocycles. The summed E-state index contributed by atoms with van der Waals surface area (Å²) in [7, 11) is 0. The number of hydrogen-bond acceptors (Lipinski definition) is 3. The van der Waals surface area contributed by atoms with Gasteiger partial charge in [-0.1, -0.05) is 352 Å². The molecule has 0 atom stereocenters. The summed E-state index contributed by atoms with van der Waals surface area (Å²) in [5.74, 6) is 0. The van der Waals surface area contributed by atoms with Gasteiger partial charge in [0.15, 0.2) is 0 Å². The van der Waals surface area contributed by atoms with E-state index in [1.165, 1.54) is 70.6 Å². The first kappa shape index (κ1) is 62.5. The molecule has 0 saturated heterocycles. The lowest BCUT2D eigenvalue weighted by atomic mass is 9.33. The van der Waals surface area contributed by atoms with Gasteiger partial charge < -0.3 is 14.7 Å². The first-order chi connectivity index (χ1) is 53.6. The monoisotopic (exact) mass is 1370 g/mol. The highest BCUT2D eigenvalue weighted by Gasteiger charge is 2.46. The zero-order valence-corrected chi connectivity index (χ0v) is 59.2. The molecule has 0 aliphatic carbocycles. The summed E-state index contributed by atoms with van der Waals surface area (Å²) < 4.78 is 0. The molecule has 0 radical (unpaired) electrons. The second-order valence-corrected chi connectivity index (χ2v) is 28.6. The van der Waals surface area contributed by atoms with Crippen molar-refractivity contribution in [1.29, 1.82) is 0 Å². The van der Waals surface area contributed by atoms with Crippen molar-refractivity contribution in [2.45, 2.75) is 0 Å². The van der Waals surface area contributed by atoms with Gasteiger partial charge in [0.2, 0.25) is 0 Å². The first-order valence-electron chi connectivity index (χ1n) is 37.4. The number of nitrogens with zero attached hydrogens (tertiary/aromatic N) is 3. The number of fused-ring (bicyclic) bond motifs is 6. The Morgan fingerprint density at radius 3 is 1.00 bits per heavy atom. The number of rotatable bonds is 13. The third-order valence-corrected chi connectivity index (χ3v) is 22.5. The van der Waals surface area contributed by atoms with Gasteiger partial charge in [-0.15, -0.1) is 0 Å². The lowest BCUT2D eigenvalue weighted by molar-refractivity contribution is 1.23. The molecule has 502 valence electrons. The van der Waals surface area contributed by atoms with Crippen LogP contribution < -0.4 is 31.1 Å². The minimum atomic E-state index is -0.287. The molecule has 19 aromatic rings. The van der Waals surface area contributed by atoms with Crippen LogP contribution in [0.3, 0.4) is 0 Å². The van der Waals surface area contributed by atoms with Crippen molar-refractivity contribution in [2.24, 2.45) is 0 Å². The van der Waals surface area contributed by atoms with Crippen LogP contribution in [0.2, 0.25) is 0 Å². The van der Waals surface area contributed by atoms with Crippen molar-refractivity contribution >= 4 is 117 Å². The molecule has 108 heavy (non-hydrogen) atoms. The van der Waals surface area contributed by atoms with E-state index in [9.17, 15) is 0 Å². The van der Waals surface area contributed by atoms with Gasteiger partial charge >= 0.3 is 0 Å². The smallest absolute Gasteiger partial charge is 0.252 e. The highest BCUT2D eigenvalue weighted by molar-refractivity contribution is 7.00. The summed E-state index contributed by atoms with van der Waals surface area (Å²) in [5, 5.41) is 10.2. The van der Waals surface area contributed by atoms with Crippen molar-refractivity contribution in [3.8, 4) is 89.0 Å². The number of anilines is 9. The van der Waals surface area contributed by atoms with Crippen LogP contribution in [0.25, 0.3) is 132 Å². The van der Waals surface area contributed by atoms with E-state index in [-0.39, 0.29) is 6.71 Å². The third-order valence-electron chi connectivity index (χ3n) is 22.5.